The molecule has 0 bridgehead atoms. The predicted octanol–water partition coefficient (Wildman–Crippen LogP) is 5.67. The Hall–Kier alpha value is -1.84. The van der Waals surface area contributed by atoms with Crippen LogP contribution in [0.1, 0.15) is 62.1 Å². The fraction of sp³-hybridized carbons (Fsp3) is 0.500. The van der Waals surface area contributed by atoms with Crippen LogP contribution in [0.15, 0.2) is 42.5 Å². The molecule has 2 aromatic carbocycles. The molecule has 1 aliphatic carbocycles. The maximum Gasteiger partial charge on any atom is 0.223 e. The first-order chi connectivity index (χ1) is 14.6. The van der Waals surface area contributed by atoms with Gasteiger partial charge in [0.15, 0.2) is 0 Å². The van der Waals surface area contributed by atoms with E-state index >= 15 is 0 Å². The van der Waals surface area contributed by atoms with Gasteiger partial charge in [0.2, 0.25) is 5.91 Å². The monoisotopic (exact) mass is 424 g/mol. The molecule has 0 radical (unpaired) electrons. The number of nitrogens with one attached hydrogen (secondary N) is 1. The van der Waals surface area contributed by atoms with Crippen molar-refractivity contribution in [2.75, 3.05) is 24.5 Å². The number of benzene rings is 2. The minimum Gasteiger partial charge on any atom is -0.316 e. The van der Waals surface area contributed by atoms with E-state index in [4.69, 9.17) is 11.6 Å². The number of amides is 1. The number of carbonyl (C=O) groups excluding carboxylic acids is 1. The van der Waals surface area contributed by atoms with Crippen molar-refractivity contribution in [3.63, 3.8) is 0 Å². The van der Waals surface area contributed by atoms with Crippen LogP contribution in [0.2, 0.25) is 5.02 Å². The molecule has 1 N–H and O–H groups in total. The van der Waals surface area contributed by atoms with E-state index in [9.17, 15) is 4.79 Å². The van der Waals surface area contributed by atoms with E-state index in [0.29, 0.717) is 5.41 Å². The van der Waals surface area contributed by atoms with Crippen LogP contribution >= 0.6 is 11.6 Å². The topological polar surface area (TPSA) is 32.3 Å². The zero-order chi connectivity index (χ0) is 21.0. The fourth-order valence-corrected chi connectivity index (χ4v) is 5.06. The number of rotatable bonds is 10. The van der Waals surface area contributed by atoms with Crippen LogP contribution in [-0.2, 0) is 23.1 Å². The molecule has 1 amide bonds. The van der Waals surface area contributed by atoms with Gasteiger partial charge in [-0.05, 0) is 85.9 Å². The predicted molar refractivity (Wildman–Crippen MR) is 126 cm³/mol. The van der Waals surface area contributed by atoms with Crippen molar-refractivity contribution >= 4 is 23.2 Å². The lowest BCUT2D eigenvalue weighted by atomic mass is 9.88. The van der Waals surface area contributed by atoms with Crippen LogP contribution < -0.4 is 10.2 Å². The number of fused-ring (bicyclic) bond motifs is 1. The lowest BCUT2D eigenvalue weighted by Gasteiger charge is -2.19. The Bertz CT molecular complexity index is 890. The smallest absolute Gasteiger partial charge is 0.223 e. The maximum atomic E-state index is 11.8. The molecule has 1 saturated carbocycles. The van der Waals surface area contributed by atoms with Crippen LogP contribution in [-0.4, -0.2) is 25.5 Å². The van der Waals surface area contributed by atoms with Crippen LogP contribution in [0, 0.1) is 0 Å². The highest BCUT2D eigenvalue weighted by atomic mass is 35.5. The van der Waals surface area contributed by atoms with E-state index < -0.39 is 0 Å². The normalized spacial score (nSPS) is 16.5. The Labute approximate surface area is 185 Å². The van der Waals surface area contributed by atoms with Gasteiger partial charge >= 0.3 is 0 Å². The lowest BCUT2D eigenvalue weighted by molar-refractivity contribution is -0.116. The van der Waals surface area contributed by atoms with Crippen LogP contribution in [0.25, 0.3) is 0 Å². The van der Waals surface area contributed by atoms with E-state index in [1.165, 1.54) is 55.2 Å². The number of hydrogen-bond acceptors (Lipinski definition) is 2. The quantitative estimate of drug-likeness (QED) is 0.498. The molecule has 4 rings (SSSR count). The maximum absolute atomic E-state index is 11.8. The zero-order valence-corrected chi connectivity index (χ0v) is 18.8. The molecule has 0 spiro atoms. The first kappa shape index (κ1) is 21.4. The first-order valence-corrected chi connectivity index (χ1v) is 11.8. The summed E-state index contributed by atoms with van der Waals surface area (Å²) in [6.07, 6.45) is 9.72. The summed E-state index contributed by atoms with van der Waals surface area (Å²) in [7, 11) is 0. The Morgan fingerprint density at radius 2 is 1.93 bits per heavy atom. The van der Waals surface area contributed by atoms with Gasteiger partial charge in [-0.1, -0.05) is 54.8 Å². The number of hydrogen-bond donors (Lipinski definition) is 1. The van der Waals surface area contributed by atoms with E-state index in [-0.39, 0.29) is 5.91 Å². The molecule has 1 fully saturated rings. The largest absolute Gasteiger partial charge is 0.316 e. The van der Waals surface area contributed by atoms with Gasteiger partial charge in [0.25, 0.3) is 0 Å². The van der Waals surface area contributed by atoms with E-state index in [1.54, 1.807) is 6.92 Å². The minimum absolute atomic E-state index is 0.156. The molecule has 0 unspecified atom stereocenters. The summed E-state index contributed by atoms with van der Waals surface area (Å²) in [4.78, 5) is 13.7. The van der Waals surface area contributed by atoms with Gasteiger partial charge in [-0.15, -0.1) is 0 Å². The minimum atomic E-state index is 0.156. The molecule has 0 aromatic heterocycles. The number of anilines is 1. The molecule has 30 heavy (non-hydrogen) atoms. The van der Waals surface area contributed by atoms with Gasteiger partial charge in [-0.25, -0.2) is 0 Å². The van der Waals surface area contributed by atoms with Crippen molar-refractivity contribution in [1.29, 1.82) is 0 Å². The molecule has 2 aromatic rings. The molecule has 160 valence electrons. The van der Waals surface area contributed by atoms with Crippen LogP contribution in [0.3, 0.4) is 0 Å². The molecule has 0 atom stereocenters. The van der Waals surface area contributed by atoms with E-state index in [1.807, 2.05) is 17.0 Å². The summed E-state index contributed by atoms with van der Waals surface area (Å²) in [6, 6.07) is 15.0. The van der Waals surface area contributed by atoms with Crippen molar-refractivity contribution in [1.82, 2.24) is 5.32 Å². The van der Waals surface area contributed by atoms with Gasteiger partial charge in [0.1, 0.15) is 0 Å². The Morgan fingerprint density at radius 3 is 2.70 bits per heavy atom. The van der Waals surface area contributed by atoms with Crippen molar-refractivity contribution in [3.05, 3.63) is 64.2 Å². The molecule has 2 aliphatic rings. The summed E-state index contributed by atoms with van der Waals surface area (Å²) in [5, 5.41) is 4.43. The third-order valence-corrected chi connectivity index (χ3v) is 7.23. The van der Waals surface area contributed by atoms with E-state index in [2.05, 4.69) is 35.6 Å². The highest BCUT2D eigenvalue weighted by Gasteiger charge is 2.43. The van der Waals surface area contributed by atoms with Crippen LogP contribution in [0.4, 0.5) is 5.69 Å². The molecule has 1 aliphatic heterocycles. The fourth-order valence-electron chi connectivity index (χ4n) is 4.83. The summed E-state index contributed by atoms with van der Waals surface area (Å²) in [5.41, 5.74) is 5.63. The number of unbranched alkanes of at least 4 members (excludes halogenated alkanes) is 2. The molecular weight excluding hydrogens is 392 g/mol. The van der Waals surface area contributed by atoms with E-state index in [0.717, 1.165) is 43.2 Å². The highest BCUT2D eigenvalue weighted by Crippen LogP contribution is 2.53. The third kappa shape index (κ3) is 4.90. The zero-order valence-electron chi connectivity index (χ0n) is 18.1. The van der Waals surface area contributed by atoms with Crippen molar-refractivity contribution in [2.45, 2.75) is 63.7 Å². The summed E-state index contributed by atoms with van der Waals surface area (Å²) >= 11 is 6.21. The molecule has 1 heterocycles. The summed E-state index contributed by atoms with van der Waals surface area (Å²) in [6.45, 7) is 4.57. The average Bonchev–Trinajstić information content (AvgIpc) is 3.41. The van der Waals surface area contributed by atoms with Crippen molar-refractivity contribution < 1.29 is 4.79 Å². The highest BCUT2D eigenvalue weighted by molar-refractivity contribution is 6.31. The Kier molecular flexibility index (Phi) is 6.80. The molecule has 3 nitrogen and oxygen atoms in total. The van der Waals surface area contributed by atoms with Crippen molar-refractivity contribution in [2.24, 2.45) is 0 Å². The summed E-state index contributed by atoms with van der Waals surface area (Å²) in [5.74, 6) is 0.156. The van der Waals surface area contributed by atoms with Gasteiger partial charge < -0.3 is 10.2 Å². The molecule has 4 heteroatoms. The lowest BCUT2D eigenvalue weighted by Crippen LogP contribution is -2.25. The van der Waals surface area contributed by atoms with Crippen LogP contribution in [0.5, 0.6) is 0 Å². The standard InChI is InChI=1S/C26H33ClN2O/c1-20(30)29-18-12-22-19-23(9-10-25(22)29)26(14-15-26)13-5-2-6-16-28-17-11-21-7-3-4-8-24(21)27/h3-4,7-10,19,28H,2,5-6,11-18H2,1H3. The number of nitrogens with zero attached hydrogens (tertiary/aromatic N) is 1. The van der Waals surface area contributed by atoms with Gasteiger partial charge in [0, 0.05) is 24.2 Å². The third-order valence-electron chi connectivity index (χ3n) is 6.86. The Balaban J connectivity index is 1.16. The number of carbonyl (C=O) groups is 1. The second-order valence-corrected chi connectivity index (χ2v) is 9.35. The van der Waals surface area contributed by atoms with Gasteiger partial charge in [-0.2, -0.15) is 0 Å². The molecular formula is C26H33ClN2O. The Morgan fingerprint density at radius 1 is 1.10 bits per heavy atom. The second-order valence-electron chi connectivity index (χ2n) is 8.95. The van der Waals surface area contributed by atoms with Gasteiger partial charge in [-0.3, -0.25) is 4.79 Å². The molecule has 0 saturated heterocycles. The van der Waals surface area contributed by atoms with Crippen molar-refractivity contribution in [3.8, 4) is 0 Å². The van der Waals surface area contributed by atoms with Gasteiger partial charge in [0.05, 0.1) is 0 Å². The average molecular weight is 425 g/mol. The number of halogens is 1. The first-order valence-electron chi connectivity index (χ1n) is 11.4. The summed E-state index contributed by atoms with van der Waals surface area (Å²) < 4.78 is 0. The SMILES string of the molecule is CC(=O)N1CCc2cc(C3(CCCCCNCCc4ccccc4Cl)CC3)ccc21. The second kappa shape index (κ2) is 9.53.